The quantitative estimate of drug-likeness (QED) is 0.724. The lowest BCUT2D eigenvalue weighted by atomic mass is 10.2. The highest BCUT2D eigenvalue weighted by atomic mass is 35.7. The van der Waals surface area contributed by atoms with Gasteiger partial charge < -0.3 is 0 Å². The summed E-state index contributed by atoms with van der Waals surface area (Å²) < 4.78 is 21.9. The van der Waals surface area contributed by atoms with Gasteiger partial charge in [-0.3, -0.25) is 0 Å². The summed E-state index contributed by atoms with van der Waals surface area (Å²) >= 11 is 1.42. The molecule has 5 heteroatoms. The molecule has 0 spiro atoms. The van der Waals surface area contributed by atoms with Crippen molar-refractivity contribution in [2.24, 2.45) is 0 Å². The molecule has 1 aromatic heterocycles. The Bertz CT molecular complexity index is 367. The molecule has 0 N–H and O–H groups in total. The van der Waals surface area contributed by atoms with Gasteiger partial charge in [0.2, 0.25) is 9.05 Å². The minimum Gasteiger partial charge on any atom is -0.212 e. The Morgan fingerprint density at radius 3 is 2.50 bits per heavy atom. The summed E-state index contributed by atoms with van der Waals surface area (Å²) in [6, 6.07) is 1.89. The molecule has 0 aliphatic carbocycles. The summed E-state index contributed by atoms with van der Waals surface area (Å²) in [6.45, 7) is 3.48. The van der Waals surface area contributed by atoms with Gasteiger partial charge in [-0.25, -0.2) is 8.42 Å². The van der Waals surface area contributed by atoms with Crippen LogP contribution in [0.2, 0.25) is 0 Å². The molecule has 0 aliphatic heterocycles. The molecule has 68 valence electrons. The maximum absolute atomic E-state index is 11.0. The topological polar surface area (TPSA) is 34.1 Å². The third-order valence-electron chi connectivity index (χ3n) is 1.69. The maximum atomic E-state index is 11.0. The van der Waals surface area contributed by atoms with Crippen LogP contribution < -0.4 is 0 Å². The smallest absolute Gasteiger partial charge is 0.212 e. The predicted molar refractivity (Wildman–Crippen MR) is 52.2 cm³/mol. The molecule has 0 fully saturated rings. The van der Waals surface area contributed by atoms with Crippen molar-refractivity contribution in [1.29, 1.82) is 0 Å². The van der Waals surface area contributed by atoms with Gasteiger partial charge in [0.25, 0.3) is 0 Å². The minimum atomic E-state index is -3.47. The molecule has 1 unspecified atom stereocenters. The Hall–Kier alpha value is -0.0600. The van der Waals surface area contributed by atoms with Crippen LogP contribution >= 0.6 is 22.0 Å². The van der Waals surface area contributed by atoms with E-state index in [2.05, 4.69) is 0 Å². The summed E-state index contributed by atoms with van der Waals surface area (Å²) in [7, 11) is 1.76. The Morgan fingerprint density at radius 1 is 1.58 bits per heavy atom. The fourth-order valence-electron chi connectivity index (χ4n) is 0.929. The SMILES string of the molecule is Cc1ccsc1C(C)S(=O)(=O)Cl. The molecule has 0 aliphatic rings. The molecular formula is C7H9ClO2S2. The summed E-state index contributed by atoms with van der Waals surface area (Å²) in [6.07, 6.45) is 0. The van der Waals surface area contributed by atoms with E-state index >= 15 is 0 Å². The lowest BCUT2D eigenvalue weighted by Gasteiger charge is -2.05. The fourth-order valence-corrected chi connectivity index (χ4v) is 3.21. The van der Waals surface area contributed by atoms with Gasteiger partial charge in [0, 0.05) is 15.6 Å². The van der Waals surface area contributed by atoms with E-state index < -0.39 is 14.3 Å². The molecule has 0 radical (unpaired) electrons. The van der Waals surface area contributed by atoms with E-state index in [1.165, 1.54) is 11.3 Å². The van der Waals surface area contributed by atoms with Gasteiger partial charge in [-0.15, -0.1) is 11.3 Å². The van der Waals surface area contributed by atoms with E-state index in [9.17, 15) is 8.42 Å². The van der Waals surface area contributed by atoms with Crippen molar-refractivity contribution in [1.82, 2.24) is 0 Å². The first-order chi connectivity index (χ1) is 5.43. The second-order valence-electron chi connectivity index (χ2n) is 2.59. The van der Waals surface area contributed by atoms with Crippen LogP contribution in [-0.2, 0) is 9.05 Å². The zero-order valence-electron chi connectivity index (χ0n) is 6.74. The highest BCUT2D eigenvalue weighted by molar-refractivity contribution is 8.14. The average Bonchev–Trinajstić information content (AvgIpc) is 2.31. The number of rotatable bonds is 2. The van der Waals surface area contributed by atoms with Crippen molar-refractivity contribution in [3.8, 4) is 0 Å². The van der Waals surface area contributed by atoms with Gasteiger partial charge in [-0.05, 0) is 30.9 Å². The van der Waals surface area contributed by atoms with Gasteiger partial charge >= 0.3 is 0 Å². The molecule has 0 bridgehead atoms. The molecule has 0 aromatic carbocycles. The molecule has 1 atom stereocenters. The van der Waals surface area contributed by atoms with Crippen molar-refractivity contribution in [2.45, 2.75) is 19.1 Å². The summed E-state index contributed by atoms with van der Waals surface area (Å²) in [5.41, 5.74) is 0.983. The van der Waals surface area contributed by atoms with E-state index in [1.54, 1.807) is 6.92 Å². The van der Waals surface area contributed by atoms with Crippen LogP contribution in [0.1, 0.15) is 22.6 Å². The van der Waals surface area contributed by atoms with Crippen molar-refractivity contribution >= 4 is 31.1 Å². The van der Waals surface area contributed by atoms with Crippen LogP contribution in [0.3, 0.4) is 0 Å². The Morgan fingerprint density at radius 2 is 2.17 bits per heavy atom. The van der Waals surface area contributed by atoms with Gasteiger partial charge in [0.15, 0.2) is 0 Å². The zero-order chi connectivity index (χ0) is 9.35. The second-order valence-corrected chi connectivity index (χ2v) is 6.48. The van der Waals surface area contributed by atoms with Crippen molar-refractivity contribution in [2.75, 3.05) is 0 Å². The summed E-state index contributed by atoms with van der Waals surface area (Å²) in [5.74, 6) is 0. The van der Waals surface area contributed by atoms with Crippen molar-refractivity contribution in [3.63, 3.8) is 0 Å². The third-order valence-corrected chi connectivity index (χ3v) is 4.93. The molecule has 1 heterocycles. The molecule has 2 nitrogen and oxygen atoms in total. The second kappa shape index (κ2) is 3.36. The first-order valence-electron chi connectivity index (χ1n) is 3.40. The van der Waals surface area contributed by atoms with Crippen LogP contribution in [-0.4, -0.2) is 8.42 Å². The normalized spacial score (nSPS) is 14.6. The average molecular weight is 225 g/mol. The number of hydrogen-bond acceptors (Lipinski definition) is 3. The maximum Gasteiger partial charge on any atom is 0.240 e. The first kappa shape index (κ1) is 10.0. The Kier molecular flexibility index (Phi) is 2.81. The molecule has 12 heavy (non-hydrogen) atoms. The van der Waals surface area contributed by atoms with Crippen molar-refractivity contribution < 1.29 is 8.42 Å². The van der Waals surface area contributed by atoms with E-state index in [1.807, 2.05) is 18.4 Å². The highest BCUT2D eigenvalue weighted by Crippen LogP contribution is 2.31. The van der Waals surface area contributed by atoms with Crippen LogP contribution in [0.4, 0.5) is 0 Å². The van der Waals surface area contributed by atoms with E-state index in [-0.39, 0.29) is 0 Å². The Labute approximate surface area is 80.6 Å². The van der Waals surface area contributed by atoms with Gasteiger partial charge in [-0.1, -0.05) is 0 Å². The van der Waals surface area contributed by atoms with Gasteiger partial charge in [-0.2, -0.15) is 0 Å². The lowest BCUT2D eigenvalue weighted by molar-refractivity contribution is 0.601. The number of halogens is 1. The summed E-state index contributed by atoms with van der Waals surface area (Å²) in [5, 5.41) is 1.27. The molecule has 0 saturated carbocycles. The standard InChI is InChI=1S/C7H9ClO2S2/c1-5-3-4-11-7(5)6(2)12(8,9)10/h3-4,6H,1-2H3. The molecule has 0 amide bonds. The van der Waals surface area contributed by atoms with E-state index in [0.29, 0.717) is 0 Å². The number of aryl methyl sites for hydroxylation is 1. The van der Waals surface area contributed by atoms with Crippen LogP contribution in [0, 0.1) is 6.92 Å². The molecular weight excluding hydrogens is 216 g/mol. The van der Waals surface area contributed by atoms with Gasteiger partial charge in [0.05, 0.1) is 0 Å². The summed E-state index contributed by atoms with van der Waals surface area (Å²) in [4.78, 5) is 0.824. The van der Waals surface area contributed by atoms with Crippen LogP contribution in [0.5, 0.6) is 0 Å². The predicted octanol–water partition coefficient (Wildman–Crippen LogP) is 2.69. The lowest BCUT2D eigenvalue weighted by Crippen LogP contribution is -2.01. The van der Waals surface area contributed by atoms with Crippen molar-refractivity contribution in [3.05, 3.63) is 21.9 Å². The van der Waals surface area contributed by atoms with Crippen LogP contribution in [0.25, 0.3) is 0 Å². The Balaban J connectivity index is 3.09. The highest BCUT2D eigenvalue weighted by Gasteiger charge is 2.22. The van der Waals surface area contributed by atoms with Crippen LogP contribution in [0.15, 0.2) is 11.4 Å². The molecule has 1 aromatic rings. The zero-order valence-corrected chi connectivity index (χ0v) is 9.13. The molecule has 1 rings (SSSR count). The largest absolute Gasteiger partial charge is 0.240 e. The number of hydrogen-bond donors (Lipinski definition) is 0. The minimum absolute atomic E-state index is 0.598. The monoisotopic (exact) mass is 224 g/mol. The first-order valence-corrected chi connectivity index (χ1v) is 6.65. The van der Waals surface area contributed by atoms with Gasteiger partial charge in [0.1, 0.15) is 5.25 Å². The number of thiophene rings is 1. The van der Waals surface area contributed by atoms with E-state index in [0.717, 1.165) is 10.4 Å². The molecule has 0 saturated heterocycles. The fraction of sp³-hybridized carbons (Fsp3) is 0.429. The third kappa shape index (κ3) is 2.00. The van der Waals surface area contributed by atoms with E-state index in [4.69, 9.17) is 10.7 Å².